The molecular weight excluding hydrogens is 396 g/mol. The number of piperazine rings is 1. The van der Waals surface area contributed by atoms with Crippen LogP contribution in [0.2, 0.25) is 0 Å². The number of amides is 1. The van der Waals surface area contributed by atoms with E-state index in [-0.39, 0.29) is 23.6 Å². The van der Waals surface area contributed by atoms with Crippen LogP contribution < -0.4 is 10.9 Å². The number of aromatic amines is 1. The van der Waals surface area contributed by atoms with Gasteiger partial charge in [0, 0.05) is 49.5 Å². The number of benzene rings is 1. The Morgan fingerprint density at radius 2 is 2.03 bits per heavy atom. The topological polar surface area (TPSA) is 96.4 Å². The number of fused-ring (bicyclic) bond motifs is 1. The van der Waals surface area contributed by atoms with Crippen molar-refractivity contribution >= 4 is 22.8 Å². The third kappa shape index (κ3) is 4.11. The van der Waals surface area contributed by atoms with Gasteiger partial charge in [0.2, 0.25) is 0 Å². The molecule has 1 unspecified atom stereocenters. The van der Waals surface area contributed by atoms with E-state index in [4.69, 9.17) is 4.74 Å². The number of aromatic nitrogens is 2. The molecule has 1 saturated heterocycles. The van der Waals surface area contributed by atoms with E-state index in [2.05, 4.69) is 16.4 Å². The number of aryl methyl sites for hydroxylation is 3. The van der Waals surface area contributed by atoms with Gasteiger partial charge in [0.1, 0.15) is 11.6 Å². The van der Waals surface area contributed by atoms with Crippen molar-refractivity contribution in [2.45, 2.75) is 25.9 Å². The zero-order valence-corrected chi connectivity index (χ0v) is 17.7. The second-order valence-electron chi connectivity index (χ2n) is 7.76. The molecule has 0 radical (unpaired) electrons. The number of pyridine rings is 1. The lowest BCUT2D eigenvalue weighted by Crippen LogP contribution is -2.56. The Kier molecular flexibility index (Phi) is 5.90. The Bertz CT molecular complexity index is 1180. The number of para-hydroxylation sites is 1. The Morgan fingerprint density at radius 1 is 1.23 bits per heavy atom. The van der Waals surface area contributed by atoms with Gasteiger partial charge in [-0.05, 0) is 36.6 Å². The molecule has 0 bridgehead atoms. The van der Waals surface area contributed by atoms with Gasteiger partial charge in [0.15, 0.2) is 0 Å². The number of nitrogens with zero attached hydrogens (tertiary/aromatic N) is 2. The van der Waals surface area contributed by atoms with Crippen molar-refractivity contribution < 1.29 is 14.3 Å². The molecule has 2 N–H and O–H groups in total. The molecule has 1 fully saturated rings. The minimum absolute atomic E-state index is 0.159. The summed E-state index contributed by atoms with van der Waals surface area (Å²) in [5, 5.41) is 4.18. The van der Waals surface area contributed by atoms with Crippen molar-refractivity contribution in [3.8, 4) is 0 Å². The summed E-state index contributed by atoms with van der Waals surface area (Å²) in [6.45, 7) is 3.29. The first-order chi connectivity index (χ1) is 15.0. The van der Waals surface area contributed by atoms with Crippen molar-refractivity contribution in [1.29, 1.82) is 0 Å². The van der Waals surface area contributed by atoms with Crippen LogP contribution in [-0.4, -0.2) is 59.1 Å². The Hall–Kier alpha value is -3.39. The fourth-order valence-electron chi connectivity index (χ4n) is 4.07. The Balaban J connectivity index is 1.55. The van der Waals surface area contributed by atoms with E-state index in [0.29, 0.717) is 31.6 Å². The number of carbonyl (C=O) groups excluding carboxylic acids is 2. The SMILES string of the molecule is COC(=O)C1CN(C(=O)c2c(C)ccn(CCc3c[nH]c4ccccc34)c2=O)CCN1. The summed E-state index contributed by atoms with van der Waals surface area (Å²) in [7, 11) is 1.32. The summed E-state index contributed by atoms with van der Waals surface area (Å²) < 4.78 is 6.37. The third-order valence-corrected chi connectivity index (χ3v) is 5.83. The van der Waals surface area contributed by atoms with Crippen molar-refractivity contribution in [2.75, 3.05) is 26.7 Å². The first-order valence-corrected chi connectivity index (χ1v) is 10.3. The maximum Gasteiger partial charge on any atom is 0.324 e. The summed E-state index contributed by atoms with van der Waals surface area (Å²) >= 11 is 0. The molecule has 1 amide bonds. The first kappa shape index (κ1) is 20.9. The highest BCUT2D eigenvalue weighted by molar-refractivity contribution is 5.95. The van der Waals surface area contributed by atoms with Crippen molar-refractivity contribution in [3.05, 3.63) is 69.8 Å². The number of carbonyl (C=O) groups is 2. The maximum absolute atomic E-state index is 13.2. The molecular formula is C23H26N4O4. The molecule has 1 aromatic carbocycles. The van der Waals surface area contributed by atoms with E-state index in [0.717, 1.165) is 16.5 Å². The largest absolute Gasteiger partial charge is 0.468 e. The minimum atomic E-state index is -0.587. The summed E-state index contributed by atoms with van der Waals surface area (Å²) in [5.74, 6) is -0.766. The zero-order chi connectivity index (χ0) is 22.0. The number of hydrogen-bond acceptors (Lipinski definition) is 5. The zero-order valence-electron chi connectivity index (χ0n) is 17.7. The quantitative estimate of drug-likeness (QED) is 0.607. The van der Waals surface area contributed by atoms with Gasteiger partial charge in [-0.2, -0.15) is 0 Å². The van der Waals surface area contributed by atoms with Gasteiger partial charge < -0.3 is 24.5 Å². The second kappa shape index (κ2) is 8.77. The summed E-state index contributed by atoms with van der Waals surface area (Å²) in [6.07, 6.45) is 4.36. The third-order valence-electron chi connectivity index (χ3n) is 5.83. The highest BCUT2D eigenvalue weighted by Gasteiger charge is 2.31. The Morgan fingerprint density at radius 3 is 2.84 bits per heavy atom. The van der Waals surface area contributed by atoms with E-state index in [1.165, 1.54) is 7.11 Å². The number of hydrogen-bond donors (Lipinski definition) is 2. The molecule has 8 heteroatoms. The molecule has 2 aromatic heterocycles. The molecule has 3 aromatic rings. The molecule has 162 valence electrons. The van der Waals surface area contributed by atoms with E-state index in [9.17, 15) is 14.4 Å². The van der Waals surface area contributed by atoms with Gasteiger partial charge in [-0.25, -0.2) is 0 Å². The molecule has 4 rings (SSSR count). The highest BCUT2D eigenvalue weighted by atomic mass is 16.5. The van der Waals surface area contributed by atoms with E-state index in [1.807, 2.05) is 24.4 Å². The highest BCUT2D eigenvalue weighted by Crippen LogP contribution is 2.18. The molecule has 3 heterocycles. The van der Waals surface area contributed by atoms with Crippen LogP contribution in [0.1, 0.15) is 21.5 Å². The van der Waals surface area contributed by atoms with Crippen LogP contribution in [0.15, 0.2) is 47.5 Å². The lowest BCUT2D eigenvalue weighted by Gasteiger charge is -2.32. The van der Waals surface area contributed by atoms with Crippen LogP contribution in [-0.2, 0) is 22.5 Å². The molecule has 0 aliphatic carbocycles. The standard InChI is InChI=1S/C23H26N4O4/c1-15-7-10-26(11-8-16-13-25-18-6-4-3-5-17(16)18)21(28)20(15)22(29)27-12-9-24-19(14-27)23(30)31-2/h3-7,10,13,19,24-25H,8-9,11-12,14H2,1-2H3. The number of esters is 1. The smallest absolute Gasteiger partial charge is 0.324 e. The van der Waals surface area contributed by atoms with Crippen LogP contribution >= 0.6 is 0 Å². The fraction of sp³-hybridized carbons (Fsp3) is 0.348. The lowest BCUT2D eigenvalue weighted by molar-refractivity contribution is -0.144. The van der Waals surface area contributed by atoms with Gasteiger partial charge in [-0.1, -0.05) is 18.2 Å². The van der Waals surface area contributed by atoms with Crippen LogP contribution in [0.5, 0.6) is 0 Å². The lowest BCUT2D eigenvalue weighted by atomic mass is 10.1. The minimum Gasteiger partial charge on any atom is -0.468 e. The molecule has 8 nitrogen and oxygen atoms in total. The molecule has 0 spiro atoms. The molecule has 31 heavy (non-hydrogen) atoms. The van der Waals surface area contributed by atoms with Crippen LogP contribution in [0.4, 0.5) is 0 Å². The number of methoxy groups -OCH3 is 1. The predicted molar refractivity (Wildman–Crippen MR) is 117 cm³/mol. The van der Waals surface area contributed by atoms with Gasteiger partial charge in [-0.15, -0.1) is 0 Å². The summed E-state index contributed by atoms with van der Waals surface area (Å²) in [5.41, 5.74) is 2.67. The summed E-state index contributed by atoms with van der Waals surface area (Å²) in [6, 6.07) is 9.24. The number of H-pyrrole nitrogens is 1. The van der Waals surface area contributed by atoms with Gasteiger partial charge >= 0.3 is 5.97 Å². The monoisotopic (exact) mass is 422 g/mol. The number of nitrogens with one attached hydrogen (secondary N) is 2. The number of rotatable bonds is 5. The van der Waals surface area contributed by atoms with Crippen LogP contribution in [0, 0.1) is 6.92 Å². The predicted octanol–water partition coefficient (Wildman–Crippen LogP) is 1.47. The average molecular weight is 422 g/mol. The normalized spacial score (nSPS) is 16.5. The van der Waals surface area contributed by atoms with Gasteiger partial charge in [-0.3, -0.25) is 14.4 Å². The average Bonchev–Trinajstić information content (AvgIpc) is 3.21. The maximum atomic E-state index is 13.2. The molecule has 1 aliphatic rings. The van der Waals surface area contributed by atoms with E-state index >= 15 is 0 Å². The van der Waals surface area contributed by atoms with Crippen LogP contribution in [0.25, 0.3) is 10.9 Å². The van der Waals surface area contributed by atoms with Crippen molar-refractivity contribution in [3.63, 3.8) is 0 Å². The van der Waals surface area contributed by atoms with Crippen molar-refractivity contribution in [1.82, 2.24) is 19.8 Å². The molecule has 0 saturated carbocycles. The van der Waals surface area contributed by atoms with Gasteiger partial charge in [0.25, 0.3) is 11.5 Å². The molecule has 1 aliphatic heterocycles. The second-order valence-corrected chi connectivity index (χ2v) is 7.76. The van der Waals surface area contributed by atoms with Gasteiger partial charge in [0.05, 0.1) is 7.11 Å². The van der Waals surface area contributed by atoms with E-state index in [1.54, 1.807) is 28.7 Å². The summed E-state index contributed by atoms with van der Waals surface area (Å²) in [4.78, 5) is 43.0. The fourth-order valence-corrected chi connectivity index (χ4v) is 4.07. The number of ether oxygens (including phenoxy) is 1. The van der Waals surface area contributed by atoms with Crippen molar-refractivity contribution in [2.24, 2.45) is 0 Å². The first-order valence-electron chi connectivity index (χ1n) is 10.3. The van der Waals surface area contributed by atoms with E-state index < -0.39 is 12.0 Å². The molecule has 1 atom stereocenters. The van der Waals surface area contributed by atoms with Crippen LogP contribution in [0.3, 0.4) is 0 Å². The Labute approximate surface area is 179 Å².